The van der Waals surface area contributed by atoms with Crippen molar-refractivity contribution < 1.29 is 0 Å². The van der Waals surface area contributed by atoms with Gasteiger partial charge in [-0.3, -0.25) is 4.99 Å². The van der Waals surface area contributed by atoms with Crippen molar-refractivity contribution in [3.8, 4) is 0 Å². The summed E-state index contributed by atoms with van der Waals surface area (Å²) >= 11 is 0. The number of unbranched alkanes of at least 4 members (excludes halogenated alkanes) is 1. The Morgan fingerprint density at radius 2 is 2.18 bits per heavy atom. The fourth-order valence-corrected chi connectivity index (χ4v) is 0.635. The highest BCUT2D eigenvalue weighted by molar-refractivity contribution is 6.30. The van der Waals surface area contributed by atoms with Crippen molar-refractivity contribution in [3.05, 3.63) is 0 Å². The van der Waals surface area contributed by atoms with E-state index in [4.69, 9.17) is 5.84 Å². The average Bonchev–Trinajstić information content (AvgIpc) is 2.05. The van der Waals surface area contributed by atoms with Crippen LogP contribution >= 0.6 is 0 Å². The number of rotatable bonds is 5. The van der Waals surface area contributed by atoms with Crippen molar-refractivity contribution in [1.82, 2.24) is 0 Å². The second-order valence-corrected chi connectivity index (χ2v) is 2.36. The lowest BCUT2D eigenvalue weighted by atomic mass is 10.3. The third-order valence-electron chi connectivity index (χ3n) is 1.41. The van der Waals surface area contributed by atoms with E-state index in [1.165, 1.54) is 6.42 Å². The number of hydrazone groups is 1. The minimum atomic E-state index is 0.853. The van der Waals surface area contributed by atoms with Crippen LogP contribution in [0.3, 0.4) is 0 Å². The van der Waals surface area contributed by atoms with Gasteiger partial charge in [-0.2, -0.15) is 5.10 Å². The third kappa shape index (κ3) is 5.58. The van der Waals surface area contributed by atoms with Crippen molar-refractivity contribution in [1.29, 1.82) is 0 Å². The lowest BCUT2D eigenvalue weighted by molar-refractivity contribution is 0.810. The van der Waals surface area contributed by atoms with E-state index >= 15 is 0 Å². The summed E-state index contributed by atoms with van der Waals surface area (Å²) < 4.78 is 0. The monoisotopic (exact) mass is 155 g/mol. The Balaban J connectivity index is 3.54. The van der Waals surface area contributed by atoms with Crippen molar-refractivity contribution in [2.24, 2.45) is 15.9 Å². The van der Waals surface area contributed by atoms with E-state index in [1.807, 2.05) is 6.92 Å². The summed E-state index contributed by atoms with van der Waals surface area (Å²) in [7, 11) is 0. The number of nitrogens with zero attached hydrogens (tertiary/aromatic N) is 2. The summed E-state index contributed by atoms with van der Waals surface area (Å²) in [5.41, 5.74) is 0.862. The molecule has 0 aliphatic heterocycles. The molecule has 0 aromatic rings. The van der Waals surface area contributed by atoms with Crippen LogP contribution in [-0.2, 0) is 0 Å². The highest BCUT2D eigenvalue weighted by atomic mass is 15.1. The summed E-state index contributed by atoms with van der Waals surface area (Å²) in [6.07, 6.45) is 4.93. The predicted octanol–water partition coefficient (Wildman–Crippen LogP) is 1.58. The molecule has 0 unspecified atom stereocenters. The van der Waals surface area contributed by atoms with Crippen LogP contribution in [0.4, 0.5) is 0 Å². The van der Waals surface area contributed by atoms with Gasteiger partial charge in [0.15, 0.2) is 0 Å². The second kappa shape index (κ2) is 7.25. The third-order valence-corrected chi connectivity index (χ3v) is 1.41. The molecule has 0 amide bonds. The van der Waals surface area contributed by atoms with Crippen molar-refractivity contribution in [3.63, 3.8) is 0 Å². The van der Waals surface area contributed by atoms with Crippen molar-refractivity contribution in [2.75, 3.05) is 6.54 Å². The zero-order chi connectivity index (χ0) is 8.53. The first-order chi connectivity index (χ1) is 5.35. The molecule has 11 heavy (non-hydrogen) atoms. The molecule has 0 aromatic carbocycles. The molecule has 0 saturated heterocycles. The van der Waals surface area contributed by atoms with Gasteiger partial charge in [-0.15, -0.1) is 0 Å². The first-order valence-electron chi connectivity index (χ1n) is 4.11. The van der Waals surface area contributed by atoms with Gasteiger partial charge < -0.3 is 5.84 Å². The SMILES string of the molecule is CCCCN=CC(CC)=NN. The molecule has 2 N–H and O–H groups in total. The largest absolute Gasteiger partial charge is 0.323 e. The molecule has 64 valence electrons. The van der Waals surface area contributed by atoms with E-state index in [0.29, 0.717) is 0 Å². The van der Waals surface area contributed by atoms with Gasteiger partial charge in [0.25, 0.3) is 0 Å². The first-order valence-corrected chi connectivity index (χ1v) is 4.11. The highest BCUT2D eigenvalue weighted by Gasteiger charge is 1.87. The van der Waals surface area contributed by atoms with E-state index < -0.39 is 0 Å². The van der Waals surface area contributed by atoms with Crippen LogP contribution in [0, 0.1) is 0 Å². The van der Waals surface area contributed by atoms with Crippen LogP contribution in [0.15, 0.2) is 10.1 Å². The highest BCUT2D eigenvalue weighted by Crippen LogP contribution is 1.86. The Morgan fingerprint density at radius 1 is 1.45 bits per heavy atom. The molecule has 0 atom stereocenters. The maximum absolute atomic E-state index is 5.09. The Bertz CT molecular complexity index is 138. The molecule has 3 nitrogen and oxygen atoms in total. The zero-order valence-corrected chi connectivity index (χ0v) is 7.38. The summed E-state index contributed by atoms with van der Waals surface area (Å²) in [4.78, 5) is 4.17. The van der Waals surface area contributed by atoms with Crippen molar-refractivity contribution >= 4 is 11.9 Å². The minimum Gasteiger partial charge on any atom is -0.323 e. The Labute approximate surface area is 68.4 Å². The van der Waals surface area contributed by atoms with Gasteiger partial charge in [0.05, 0.1) is 5.71 Å². The molecule has 0 saturated carbocycles. The second-order valence-electron chi connectivity index (χ2n) is 2.36. The summed E-state index contributed by atoms with van der Waals surface area (Å²) in [5, 5.41) is 3.57. The van der Waals surface area contributed by atoms with E-state index in [1.54, 1.807) is 6.21 Å². The summed E-state index contributed by atoms with van der Waals surface area (Å²) in [6, 6.07) is 0. The number of nitrogens with two attached hydrogens (primary N) is 1. The quantitative estimate of drug-likeness (QED) is 0.279. The van der Waals surface area contributed by atoms with Crippen LogP contribution in [0.25, 0.3) is 0 Å². The van der Waals surface area contributed by atoms with Gasteiger partial charge in [-0.1, -0.05) is 20.3 Å². The molecular formula is C8H17N3. The molecule has 0 rings (SSSR count). The molecule has 0 fully saturated rings. The van der Waals surface area contributed by atoms with Gasteiger partial charge in [-0.25, -0.2) is 0 Å². The smallest absolute Gasteiger partial charge is 0.0775 e. The maximum atomic E-state index is 5.09. The van der Waals surface area contributed by atoms with Crippen LogP contribution in [0.2, 0.25) is 0 Å². The lowest BCUT2D eigenvalue weighted by Gasteiger charge is -1.92. The topological polar surface area (TPSA) is 50.7 Å². The molecule has 0 spiro atoms. The minimum absolute atomic E-state index is 0.853. The molecule has 0 heterocycles. The standard InChI is InChI=1S/C8H17N3/c1-3-5-6-10-7-8(4-2)11-9/h7H,3-6,9H2,1-2H3. The van der Waals surface area contributed by atoms with Gasteiger partial charge in [0.2, 0.25) is 0 Å². The Morgan fingerprint density at radius 3 is 2.64 bits per heavy atom. The van der Waals surface area contributed by atoms with Crippen LogP contribution in [0.5, 0.6) is 0 Å². The average molecular weight is 155 g/mol. The number of hydrogen-bond acceptors (Lipinski definition) is 3. The Kier molecular flexibility index (Phi) is 6.68. The zero-order valence-electron chi connectivity index (χ0n) is 7.38. The van der Waals surface area contributed by atoms with Gasteiger partial charge in [0, 0.05) is 12.8 Å². The lowest BCUT2D eigenvalue weighted by Crippen LogP contribution is -2.02. The molecule has 0 aliphatic rings. The molecule has 3 heteroatoms. The summed E-state index contributed by atoms with van der Waals surface area (Å²) in [6.45, 7) is 5.04. The van der Waals surface area contributed by atoms with E-state index in [0.717, 1.165) is 25.1 Å². The van der Waals surface area contributed by atoms with Gasteiger partial charge in [0.1, 0.15) is 0 Å². The molecule has 0 radical (unpaired) electrons. The van der Waals surface area contributed by atoms with Crippen LogP contribution < -0.4 is 5.84 Å². The molecule has 0 aliphatic carbocycles. The fraction of sp³-hybridized carbons (Fsp3) is 0.750. The van der Waals surface area contributed by atoms with Gasteiger partial charge >= 0.3 is 0 Å². The fourth-order valence-electron chi connectivity index (χ4n) is 0.635. The normalized spacial score (nSPS) is 12.7. The van der Waals surface area contributed by atoms with E-state index in [9.17, 15) is 0 Å². The predicted molar refractivity (Wildman–Crippen MR) is 50.2 cm³/mol. The maximum Gasteiger partial charge on any atom is 0.0775 e. The van der Waals surface area contributed by atoms with Gasteiger partial charge in [-0.05, 0) is 12.8 Å². The summed E-state index contributed by atoms with van der Waals surface area (Å²) in [5.74, 6) is 5.09. The van der Waals surface area contributed by atoms with Crippen molar-refractivity contribution in [2.45, 2.75) is 33.1 Å². The molecular weight excluding hydrogens is 138 g/mol. The number of hydrogen-bond donors (Lipinski definition) is 1. The van der Waals surface area contributed by atoms with E-state index in [2.05, 4.69) is 17.0 Å². The van der Waals surface area contributed by atoms with E-state index in [-0.39, 0.29) is 0 Å². The van der Waals surface area contributed by atoms with Crippen LogP contribution in [0.1, 0.15) is 33.1 Å². The molecule has 0 aromatic heterocycles. The Hall–Kier alpha value is -0.860. The number of aliphatic imine (C=N–C) groups is 1. The van der Waals surface area contributed by atoms with Crippen LogP contribution in [-0.4, -0.2) is 18.5 Å². The molecule has 0 bridgehead atoms. The first kappa shape index (κ1) is 10.1.